The second-order valence-electron chi connectivity index (χ2n) is 1.44. The van der Waals surface area contributed by atoms with Crippen molar-refractivity contribution < 1.29 is 83.7 Å². The second kappa shape index (κ2) is 19.5. The first-order valence-electron chi connectivity index (χ1n) is 3.02. The number of aliphatic carboxylic acids is 2. The number of ether oxygens (including phenoxy) is 1. The molecule has 0 saturated heterocycles. The van der Waals surface area contributed by atoms with Crippen LogP contribution in [0.2, 0.25) is 0 Å². The molecular formula is C8H8Na2O5. The molecule has 0 aliphatic heterocycles. The summed E-state index contributed by atoms with van der Waals surface area (Å²) in [5, 5.41) is 18.8. The summed E-state index contributed by atoms with van der Waals surface area (Å²) in [6.07, 6.45) is 3.39. The molecule has 5 nitrogen and oxygen atoms in total. The molecule has 0 rings (SSSR count). The van der Waals surface area contributed by atoms with Crippen molar-refractivity contribution in [3.8, 4) is 0 Å². The topological polar surface area (TPSA) is 89.5 Å². The molecule has 0 fully saturated rings. The molecule has 0 spiro atoms. The van der Waals surface area contributed by atoms with E-state index in [1.807, 2.05) is 0 Å². The summed E-state index contributed by atoms with van der Waals surface area (Å²) >= 11 is 0. The molecule has 0 unspecified atom stereocenters. The Balaban J connectivity index is -0.0000000770. The van der Waals surface area contributed by atoms with Crippen molar-refractivity contribution in [2.75, 3.05) is 0 Å². The standard InChI is InChI=1S/C4H4O4.C4H6O.2Na/c5-3(6)1-2-4(7)8;1-3-5-4-2;;/h1-2H,(H,5,6)(H,7,8);3-4H,1-2H2;;/q;;2*+1/p-2/b2-1-;;;. The second-order valence-corrected chi connectivity index (χ2v) is 1.44. The largest absolute Gasteiger partial charge is 1.00 e. The van der Waals surface area contributed by atoms with Crippen molar-refractivity contribution in [2.24, 2.45) is 0 Å². The summed E-state index contributed by atoms with van der Waals surface area (Å²) in [4.78, 5) is 18.8. The number of hydrogen-bond acceptors (Lipinski definition) is 5. The number of carbonyl (C=O) groups is 2. The average Bonchev–Trinajstić information content (AvgIpc) is 2.03. The van der Waals surface area contributed by atoms with E-state index in [1.54, 1.807) is 0 Å². The van der Waals surface area contributed by atoms with Crippen LogP contribution >= 0.6 is 0 Å². The molecule has 0 aromatic heterocycles. The van der Waals surface area contributed by atoms with Gasteiger partial charge in [-0.25, -0.2) is 0 Å². The van der Waals surface area contributed by atoms with Gasteiger partial charge in [0.15, 0.2) is 0 Å². The molecule has 0 heterocycles. The number of hydrogen-bond donors (Lipinski definition) is 0. The van der Waals surface area contributed by atoms with Crippen LogP contribution in [0.25, 0.3) is 0 Å². The Morgan fingerprint density at radius 2 is 1.20 bits per heavy atom. The number of carboxylic acids is 2. The van der Waals surface area contributed by atoms with Crippen LogP contribution in [0.1, 0.15) is 0 Å². The summed E-state index contributed by atoms with van der Waals surface area (Å²) in [5.41, 5.74) is 0. The molecule has 15 heavy (non-hydrogen) atoms. The quantitative estimate of drug-likeness (QED) is 0.272. The van der Waals surface area contributed by atoms with Gasteiger partial charge in [0.1, 0.15) is 0 Å². The van der Waals surface area contributed by atoms with Gasteiger partial charge in [0.05, 0.1) is 24.5 Å². The predicted molar refractivity (Wildman–Crippen MR) is 40.6 cm³/mol. The maximum Gasteiger partial charge on any atom is 1.00 e. The van der Waals surface area contributed by atoms with Crippen molar-refractivity contribution in [2.45, 2.75) is 0 Å². The minimum absolute atomic E-state index is 0. The molecule has 0 aliphatic carbocycles. The summed E-state index contributed by atoms with van der Waals surface area (Å²) in [5.74, 6) is -3.09. The Bertz CT molecular complexity index is 203. The molecule has 0 radical (unpaired) electrons. The third-order valence-corrected chi connectivity index (χ3v) is 0.548. The smallest absolute Gasteiger partial charge is 0.545 e. The normalized spacial score (nSPS) is 6.93. The zero-order valence-corrected chi connectivity index (χ0v) is 12.8. The molecule has 0 aliphatic rings. The minimum Gasteiger partial charge on any atom is -0.545 e. The molecular weight excluding hydrogens is 222 g/mol. The van der Waals surface area contributed by atoms with E-state index in [4.69, 9.17) is 0 Å². The first-order chi connectivity index (χ1) is 6.04. The monoisotopic (exact) mass is 230 g/mol. The first-order valence-corrected chi connectivity index (χ1v) is 3.02. The van der Waals surface area contributed by atoms with Crippen molar-refractivity contribution in [3.05, 3.63) is 37.8 Å². The van der Waals surface area contributed by atoms with Gasteiger partial charge in [0.25, 0.3) is 0 Å². The molecule has 0 saturated carbocycles. The van der Waals surface area contributed by atoms with Crippen LogP contribution in [0.3, 0.4) is 0 Å². The van der Waals surface area contributed by atoms with E-state index in [0.717, 1.165) is 0 Å². The van der Waals surface area contributed by atoms with Crippen LogP contribution in [-0.2, 0) is 14.3 Å². The van der Waals surface area contributed by atoms with Gasteiger partial charge in [-0.05, 0) is 12.2 Å². The van der Waals surface area contributed by atoms with Gasteiger partial charge in [-0.2, -0.15) is 0 Å². The Morgan fingerprint density at radius 3 is 1.27 bits per heavy atom. The van der Waals surface area contributed by atoms with E-state index in [2.05, 4.69) is 17.9 Å². The van der Waals surface area contributed by atoms with E-state index in [-0.39, 0.29) is 59.1 Å². The Labute approximate surface area is 132 Å². The summed E-state index contributed by atoms with van der Waals surface area (Å²) in [6, 6.07) is 0. The van der Waals surface area contributed by atoms with Gasteiger partial charge in [0, 0.05) is 0 Å². The van der Waals surface area contributed by atoms with Crippen molar-refractivity contribution in [1.29, 1.82) is 0 Å². The van der Waals surface area contributed by atoms with E-state index in [1.165, 1.54) is 12.5 Å². The summed E-state index contributed by atoms with van der Waals surface area (Å²) < 4.78 is 4.36. The molecule has 0 bridgehead atoms. The zero-order valence-electron chi connectivity index (χ0n) is 8.76. The Hall–Kier alpha value is -0.0400. The van der Waals surface area contributed by atoms with E-state index in [9.17, 15) is 19.8 Å². The van der Waals surface area contributed by atoms with E-state index < -0.39 is 11.9 Å². The fourth-order valence-corrected chi connectivity index (χ4v) is 0.204. The van der Waals surface area contributed by atoms with Gasteiger partial charge < -0.3 is 24.5 Å². The van der Waals surface area contributed by atoms with Gasteiger partial charge >= 0.3 is 59.1 Å². The minimum atomic E-state index is -1.55. The third kappa shape index (κ3) is 41.2. The molecule has 0 aromatic rings. The van der Waals surface area contributed by atoms with Crippen LogP contribution in [-0.4, -0.2) is 11.9 Å². The van der Waals surface area contributed by atoms with Crippen LogP contribution in [0.4, 0.5) is 0 Å². The number of carbonyl (C=O) groups excluding carboxylic acids is 2. The van der Waals surface area contributed by atoms with Crippen LogP contribution in [0.5, 0.6) is 0 Å². The zero-order chi connectivity index (χ0) is 10.7. The maximum absolute atomic E-state index is 9.41. The molecule has 0 N–H and O–H groups in total. The van der Waals surface area contributed by atoms with Crippen molar-refractivity contribution in [1.82, 2.24) is 0 Å². The van der Waals surface area contributed by atoms with Crippen molar-refractivity contribution in [3.63, 3.8) is 0 Å². The predicted octanol–water partition coefficient (Wildman–Crippen LogP) is -7.66. The van der Waals surface area contributed by atoms with Gasteiger partial charge in [-0.1, -0.05) is 13.2 Å². The van der Waals surface area contributed by atoms with Crippen LogP contribution in [0, 0.1) is 0 Å². The summed E-state index contributed by atoms with van der Waals surface area (Å²) in [6.45, 7) is 6.51. The Kier molecular flexibility index (Phi) is 31.6. The molecule has 0 amide bonds. The van der Waals surface area contributed by atoms with E-state index >= 15 is 0 Å². The fourth-order valence-electron chi connectivity index (χ4n) is 0.204. The van der Waals surface area contributed by atoms with Crippen LogP contribution in [0.15, 0.2) is 37.8 Å². The van der Waals surface area contributed by atoms with Gasteiger partial charge in [0.2, 0.25) is 0 Å². The van der Waals surface area contributed by atoms with E-state index in [0.29, 0.717) is 12.2 Å². The molecule has 72 valence electrons. The summed E-state index contributed by atoms with van der Waals surface area (Å²) in [7, 11) is 0. The Morgan fingerprint density at radius 1 is 0.933 bits per heavy atom. The SMILES string of the molecule is C=COC=C.O=C([O-])/C=C\C(=O)[O-].[Na+].[Na+]. The average molecular weight is 230 g/mol. The first kappa shape index (κ1) is 24.3. The maximum atomic E-state index is 9.41. The number of rotatable bonds is 4. The van der Waals surface area contributed by atoms with Gasteiger partial charge in [-0.3, -0.25) is 0 Å². The van der Waals surface area contributed by atoms with Crippen LogP contribution < -0.4 is 69.3 Å². The molecule has 0 aromatic carbocycles. The number of carboxylic acid groups (broad SMARTS) is 2. The van der Waals surface area contributed by atoms with Crippen molar-refractivity contribution >= 4 is 11.9 Å². The molecule has 7 heteroatoms. The third-order valence-electron chi connectivity index (χ3n) is 0.548. The fraction of sp³-hybridized carbons (Fsp3) is 0. The van der Waals surface area contributed by atoms with Gasteiger partial charge in [-0.15, -0.1) is 0 Å². The molecule has 0 atom stereocenters.